The van der Waals surface area contributed by atoms with Crippen molar-refractivity contribution in [3.05, 3.63) is 64.7 Å². The zero-order chi connectivity index (χ0) is 18.2. The highest BCUT2D eigenvalue weighted by Crippen LogP contribution is 2.21. The number of esters is 1. The number of hydrogen-bond donors (Lipinski definition) is 0. The molecule has 5 nitrogen and oxygen atoms in total. The standard InChI is InChI=1S/C20H19NO4/c1-14-4-9-19(24-3)17(10-14)13-25-20(22)16(12-21)11-15-5-7-18(23-2)8-6-15/h4-11H,13H2,1-3H3/b16-11+. The molecule has 0 saturated heterocycles. The molecule has 0 aliphatic heterocycles. The molecule has 2 aromatic carbocycles. The van der Waals surface area contributed by atoms with E-state index in [2.05, 4.69) is 0 Å². The van der Waals surface area contributed by atoms with Crippen molar-refractivity contribution in [1.29, 1.82) is 5.26 Å². The van der Waals surface area contributed by atoms with Crippen molar-refractivity contribution in [2.75, 3.05) is 14.2 Å². The van der Waals surface area contributed by atoms with Gasteiger partial charge in [-0.25, -0.2) is 4.79 Å². The number of methoxy groups -OCH3 is 2. The van der Waals surface area contributed by atoms with E-state index >= 15 is 0 Å². The van der Waals surface area contributed by atoms with Crippen LogP contribution in [0.15, 0.2) is 48.0 Å². The number of carbonyl (C=O) groups excluding carboxylic acids is 1. The first kappa shape index (κ1) is 18.1. The van der Waals surface area contributed by atoms with E-state index < -0.39 is 5.97 Å². The third kappa shape index (κ3) is 4.85. The Bertz CT molecular complexity index is 817. The van der Waals surface area contributed by atoms with Crippen molar-refractivity contribution < 1.29 is 19.0 Å². The molecular formula is C20H19NO4. The molecule has 0 radical (unpaired) electrons. The van der Waals surface area contributed by atoms with E-state index in [0.717, 1.165) is 11.1 Å². The van der Waals surface area contributed by atoms with Crippen molar-refractivity contribution in [3.8, 4) is 17.6 Å². The quantitative estimate of drug-likeness (QED) is 0.457. The van der Waals surface area contributed by atoms with Gasteiger partial charge < -0.3 is 14.2 Å². The summed E-state index contributed by atoms with van der Waals surface area (Å²) in [6.45, 7) is 1.97. The second-order valence-corrected chi connectivity index (χ2v) is 5.33. The molecular weight excluding hydrogens is 318 g/mol. The highest BCUT2D eigenvalue weighted by Gasteiger charge is 2.13. The van der Waals surface area contributed by atoms with Crippen LogP contribution in [0.4, 0.5) is 0 Å². The Balaban J connectivity index is 2.11. The van der Waals surface area contributed by atoms with Gasteiger partial charge in [-0.15, -0.1) is 0 Å². The van der Waals surface area contributed by atoms with Crippen molar-refractivity contribution in [1.82, 2.24) is 0 Å². The highest BCUT2D eigenvalue weighted by molar-refractivity contribution is 5.97. The van der Waals surface area contributed by atoms with Gasteiger partial charge in [0.25, 0.3) is 0 Å². The first-order chi connectivity index (χ1) is 12.1. The van der Waals surface area contributed by atoms with Gasteiger partial charge in [0.2, 0.25) is 0 Å². The first-order valence-electron chi connectivity index (χ1n) is 7.64. The Labute approximate surface area is 147 Å². The van der Waals surface area contributed by atoms with Crippen molar-refractivity contribution in [2.45, 2.75) is 13.5 Å². The molecule has 5 heteroatoms. The van der Waals surface area contributed by atoms with E-state index in [1.807, 2.05) is 31.2 Å². The summed E-state index contributed by atoms with van der Waals surface area (Å²) in [5.74, 6) is 0.655. The van der Waals surface area contributed by atoms with Crippen LogP contribution in [0.3, 0.4) is 0 Å². The Morgan fingerprint density at radius 2 is 1.84 bits per heavy atom. The van der Waals surface area contributed by atoms with E-state index in [1.165, 1.54) is 6.08 Å². The predicted octanol–water partition coefficient (Wildman–Crippen LogP) is 3.66. The van der Waals surface area contributed by atoms with Gasteiger partial charge in [-0.1, -0.05) is 23.8 Å². The third-order valence-electron chi connectivity index (χ3n) is 3.56. The summed E-state index contributed by atoms with van der Waals surface area (Å²) in [6, 6.07) is 14.5. The summed E-state index contributed by atoms with van der Waals surface area (Å²) < 4.78 is 15.6. The normalized spacial score (nSPS) is 10.7. The smallest absolute Gasteiger partial charge is 0.349 e. The summed E-state index contributed by atoms with van der Waals surface area (Å²) in [7, 11) is 3.13. The third-order valence-corrected chi connectivity index (χ3v) is 3.56. The molecule has 0 saturated carbocycles. The molecule has 0 heterocycles. The van der Waals surface area contributed by atoms with Gasteiger partial charge in [0.15, 0.2) is 0 Å². The fourth-order valence-electron chi connectivity index (χ4n) is 2.24. The molecule has 0 atom stereocenters. The lowest BCUT2D eigenvalue weighted by Crippen LogP contribution is -2.07. The van der Waals surface area contributed by atoms with Crippen LogP contribution in [0.25, 0.3) is 6.08 Å². The monoisotopic (exact) mass is 337 g/mol. The van der Waals surface area contributed by atoms with Gasteiger partial charge in [0.05, 0.1) is 14.2 Å². The SMILES string of the molecule is COc1ccc(/C=C(\C#N)C(=O)OCc2cc(C)ccc2OC)cc1. The molecule has 0 aliphatic rings. The van der Waals surface area contributed by atoms with Crippen LogP contribution in [-0.4, -0.2) is 20.2 Å². The Morgan fingerprint density at radius 1 is 1.12 bits per heavy atom. The fourth-order valence-corrected chi connectivity index (χ4v) is 2.24. The van der Waals surface area contributed by atoms with E-state index in [4.69, 9.17) is 14.2 Å². The van der Waals surface area contributed by atoms with Crippen molar-refractivity contribution in [2.24, 2.45) is 0 Å². The summed E-state index contributed by atoms with van der Waals surface area (Å²) in [6.07, 6.45) is 1.48. The lowest BCUT2D eigenvalue weighted by Gasteiger charge is -2.10. The summed E-state index contributed by atoms with van der Waals surface area (Å²) in [4.78, 5) is 12.2. The Hall–Kier alpha value is -3.26. The molecule has 2 rings (SSSR count). The molecule has 0 spiro atoms. The van der Waals surface area contributed by atoms with Gasteiger partial charge in [0, 0.05) is 5.56 Å². The van der Waals surface area contributed by atoms with Crippen LogP contribution < -0.4 is 9.47 Å². The number of rotatable bonds is 6. The first-order valence-corrected chi connectivity index (χ1v) is 7.64. The van der Waals surface area contributed by atoms with E-state index in [-0.39, 0.29) is 12.2 Å². The molecule has 0 aromatic heterocycles. The fraction of sp³-hybridized carbons (Fsp3) is 0.200. The number of aryl methyl sites for hydroxylation is 1. The summed E-state index contributed by atoms with van der Waals surface area (Å²) in [5.41, 5.74) is 2.41. The zero-order valence-corrected chi connectivity index (χ0v) is 14.4. The topological polar surface area (TPSA) is 68.5 Å². The van der Waals surface area contributed by atoms with E-state index in [0.29, 0.717) is 17.1 Å². The minimum Gasteiger partial charge on any atom is -0.497 e. The average Bonchev–Trinajstić information content (AvgIpc) is 2.64. The predicted molar refractivity (Wildman–Crippen MR) is 94.1 cm³/mol. The molecule has 0 N–H and O–H groups in total. The van der Waals surface area contributed by atoms with Gasteiger partial charge in [-0.05, 0) is 42.8 Å². The number of nitrogens with zero attached hydrogens (tertiary/aromatic N) is 1. The van der Waals surface area contributed by atoms with Crippen LogP contribution >= 0.6 is 0 Å². The molecule has 0 aliphatic carbocycles. The van der Waals surface area contributed by atoms with Gasteiger partial charge >= 0.3 is 5.97 Å². The molecule has 0 fully saturated rings. The van der Waals surface area contributed by atoms with E-state index in [1.54, 1.807) is 38.5 Å². The highest BCUT2D eigenvalue weighted by atomic mass is 16.5. The second-order valence-electron chi connectivity index (χ2n) is 5.33. The Kier molecular flexibility index (Phi) is 6.19. The van der Waals surface area contributed by atoms with Crippen LogP contribution in [0, 0.1) is 18.3 Å². The van der Waals surface area contributed by atoms with Gasteiger partial charge in [-0.2, -0.15) is 5.26 Å². The van der Waals surface area contributed by atoms with Gasteiger partial charge in [-0.3, -0.25) is 0 Å². The maximum atomic E-state index is 12.2. The lowest BCUT2D eigenvalue weighted by atomic mass is 10.1. The zero-order valence-electron chi connectivity index (χ0n) is 14.4. The van der Waals surface area contributed by atoms with Gasteiger partial charge in [0.1, 0.15) is 29.7 Å². The van der Waals surface area contributed by atoms with Crippen LogP contribution in [0.1, 0.15) is 16.7 Å². The molecule has 25 heavy (non-hydrogen) atoms. The molecule has 128 valence electrons. The lowest BCUT2D eigenvalue weighted by molar-refractivity contribution is -0.139. The van der Waals surface area contributed by atoms with Crippen LogP contribution in [-0.2, 0) is 16.1 Å². The number of nitriles is 1. The average molecular weight is 337 g/mol. The minimum atomic E-state index is -0.679. The van der Waals surface area contributed by atoms with Crippen molar-refractivity contribution >= 4 is 12.0 Å². The number of hydrogen-bond acceptors (Lipinski definition) is 5. The molecule has 2 aromatic rings. The summed E-state index contributed by atoms with van der Waals surface area (Å²) in [5, 5.41) is 9.23. The van der Waals surface area contributed by atoms with E-state index in [9.17, 15) is 10.1 Å². The van der Waals surface area contributed by atoms with Crippen LogP contribution in [0.5, 0.6) is 11.5 Å². The molecule has 0 amide bonds. The number of benzene rings is 2. The number of carbonyl (C=O) groups is 1. The Morgan fingerprint density at radius 3 is 2.44 bits per heavy atom. The molecule has 0 bridgehead atoms. The maximum absolute atomic E-state index is 12.2. The number of ether oxygens (including phenoxy) is 3. The minimum absolute atomic E-state index is 0.0331. The molecule has 0 unspecified atom stereocenters. The van der Waals surface area contributed by atoms with Crippen LogP contribution in [0.2, 0.25) is 0 Å². The maximum Gasteiger partial charge on any atom is 0.349 e. The van der Waals surface area contributed by atoms with Crippen molar-refractivity contribution in [3.63, 3.8) is 0 Å². The largest absolute Gasteiger partial charge is 0.497 e. The second kappa shape index (κ2) is 8.55. The summed E-state index contributed by atoms with van der Waals surface area (Å²) >= 11 is 0.